The van der Waals surface area contributed by atoms with Crippen LogP contribution in [0.5, 0.6) is 0 Å². The molecule has 4 heteroatoms. The van der Waals surface area contributed by atoms with Gasteiger partial charge in [0.25, 0.3) is 0 Å². The van der Waals surface area contributed by atoms with E-state index in [1.54, 1.807) is 11.3 Å². The summed E-state index contributed by atoms with van der Waals surface area (Å²) in [4.78, 5) is 1.23. The Kier molecular flexibility index (Phi) is 4.25. The van der Waals surface area contributed by atoms with Crippen LogP contribution in [-0.4, -0.2) is 19.2 Å². The van der Waals surface area contributed by atoms with Gasteiger partial charge in [-0.3, -0.25) is 0 Å². The monoisotopic (exact) mass is 259 g/mol. The van der Waals surface area contributed by atoms with Crippen LogP contribution in [0.3, 0.4) is 0 Å². The second kappa shape index (κ2) is 5.50. The van der Waals surface area contributed by atoms with Crippen molar-refractivity contribution in [3.05, 3.63) is 21.3 Å². The highest BCUT2D eigenvalue weighted by atomic mass is 35.5. The van der Waals surface area contributed by atoms with Crippen molar-refractivity contribution in [2.75, 3.05) is 13.1 Å². The second-order valence-corrected chi connectivity index (χ2v) is 6.42. The Hall–Kier alpha value is -0.0900. The Labute approximate surface area is 106 Å². The number of hydrogen-bond acceptors (Lipinski definition) is 3. The summed E-state index contributed by atoms with van der Waals surface area (Å²) in [6.07, 6.45) is 1.62. The number of thiophene rings is 1. The van der Waals surface area contributed by atoms with Gasteiger partial charge in [-0.1, -0.05) is 25.4 Å². The maximum Gasteiger partial charge on any atom is 0.105 e. The third-order valence-corrected chi connectivity index (χ3v) is 4.03. The molecule has 0 saturated carbocycles. The van der Waals surface area contributed by atoms with E-state index in [0.29, 0.717) is 12.0 Å². The topological polar surface area (TPSA) is 21.3 Å². The Bertz CT molecular complexity index is 340. The second-order valence-electron chi connectivity index (χ2n) is 4.68. The molecular formula is C12H18ClNOS. The molecule has 2 heterocycles. The molecule has 2 unspecified atom stereocenters. The molecule has 0 aromatic carbocycles. The third kappa shape index (κ3) is 3.20. The molecule has 0 amide bonds. The maximum absolute atomic E-state index is 6.09. The van der Waals surface area contributed by atoms with Crippen molar-refractivity contribution < 1.29 is 4.74 Å². The van der Waals surface area contributed by atoms with Gasteiger partial charge in [-0.25, -0.2) is 0 Å². The van der Waals surface area contributed by atoms with Gasteiger partial charge >= 0.3 is 0 Å². The zero-order valence-corrected chi connectivity index (χ0v) is 11.3. The number of halogens is 1. The van der Waals surface area contributed by atoms with Crippen molar-refractivity contribution in [2.24, 2.45) is 5.92 Å². The first-order valence-corrected chi connectivity index (χ1v) is 6.96. The van der Waals surface area contributed by atoms with Gasteiger partial charge in [-0.15, -0.1) is 11.3 Å². The van der Waals surface area contributed by atoms with Crippen LogP contribution < -0.4 is 5.32 Å². The van der Waals surface area contributed by atoms with E-state index >= 15 is 0 Å². The van der Waals surface area contributed by atoms with Gasteiger partial charge < -0.3 is 10.1 Å². The van der Waals surface area contributed by atoms with Crippen molar-refractivity contribution >= 4 is 22.9 Å². The van der Waals surface area contributed by atoms with Gasteiger partial charge in [0.2, 0.25) is 0 Å². The Morgan fingerprint density at radius 3 is 2.94 bits per heavy atom. The highest BCUT2D eigenvalue weighted by Gasteiger charge is 2.24. The summed E-state index contributed by atoms with van der Waals surface area (Å²) in [6.45, 7) is 6.32. The fourth-order valence-corrected chi connectivity index (χ4v) is 3.14. The lowest BCUT2D eigenvalue weighted by Gasteiger charge is -2.31. The van der Waals surface area contributed by atoms with Crippen LogP contribution in [0, 0.1) is 5.92 Å². The lowest BCUT2D eigenvalue weighted by molar-refractivity contribution is -0.0457. The molecule has 1 aliphatic rings. The lowest BCUT2D eigenvalue weighted by atomic mass is 10.0. The van der Waals surface area contributed by atoms with E-state index in [2.05, 4.69) is 25.2 Å². The third-order valence-electron chi connectivity index (χ3n) is 2.70. The molecule has 2 rings (SSSR count). The van der Waals surface area contributed by atoms with E-state index in [1.807, 2.05) is 6.07 Å². The highest BCUT2D eigenvalue weighted by molar-refractivity contribution is 7.16. The van der Waals surface area contributed by atoms with E-state index in [4.69, 9.17) is 16.3 Å². The smallest absolute Gasteiger partial charge is 0.105 e. The molecule has 16 heavy (non-hydrogen) atoms. The average Bonchev–Trinajstić information content (AvgIpc) is 2.64. The molecule has 0 spiro atoms. The number of ether oxygens (including phenoxy) is 1. The van der Waals surface area contributed by atoms with Crippen LogP contribution in [0.1, 0.15) is 31.2 Å². The van der Waals surface area contributed by atoms with Crippen molar-refractivity contribution in [3.8, 4) is 0 Å². The molecule has 0 radical (unpaired) electrons. The first-order valence-electron chi connectivity index (χ1n) is 5.76. The van der Waals surface area contributed by atoms with Crippen molar-refractivity contribution in [1.29, 1.82) is 0 Å². The molecule has 1 aromatic heterocycles. The largest absolute Gasteiger partial charge is 0.367 e. The Balaban J connectivity index is 1.96. The number of hydrogen-bond donors (Lipinski definition) is 1. The minimum Gasteiger partial charge on any atom is -0.367 e. The molecule has 1 aliphatic heterocycles. The Morgan fingerprint density at radius 1 is 1.50 bits per heavy atom. The molecule has 0 bridgehead atoms. The van der Waals surface area contributed by atoms with Crippen LogP contribution in [-0.2, 0) is 4.74 Å². The summed E-state index contributed by atoms with van der Waals surface area (Å²) < 4.78 is 6.92. The van der Waals surface area contributed by atoms with Gasteiger partial charge in [-0.2, -0.15) is 0 Å². The lowest BCUT2D eigenvalue weighted by Crippen LogP contribution is -2.40. The van der Waals surface area contributed by atoms with Gasteiger partial charge in [0, 0.05) is 18.0 Å². The first kappa shape index (κ1) is 12.4. The summed E-state index contributed by atoms with van der Waals surface area (Å²) in [5, 5.41) is 3.44. The van der Waals surface area contributed by atoms with Crippen molar-refractivity contribution in [3.63, 3.8) is 0 Å². The molecule has 1 aromatic rings. The predicted octanol–water partition coefficient (Wildman–Crippen LogP) is 3.48. The average molecular weight is 260 g/mol. The molecule has 1 fully saturated rings. The summed E-state index contributed by atoms with van der Waals surface area (Å²) in [5.41, 5.74) is 0. The summed E-state index contributed by atoms with van der Waals surface area (Å²) in [5.74, 6) is 0.678. The molecule has 1 saturated heterocycles. The van der Waals surface area contributed by atoms with Gasteiger partial charge in [0.1, 0.15) is 6.10 Å². The minimum atomic E-state index is 0.176. The zero-order valence-electron chi connectivity index (χ0n) is 9.70. The summed E-state index contributed by atoms with van der Waals surface area (Å²) >= 11 is 7.56. The van der Waals surface area contributed by atoms with E-state index < -0.39 is 0 Å². The van der Waals surface area contributed by atoms with Crippen LogP contribution in [0.15, 0.2) is 12.1 Å². The van der Waals surface area contributed by atoms with Gasteiger partial charge in [0.15, 0.2) is 0 Å². The van der Waals surface area contributed by atoms with Gasteiger partial charge in [-0.05, 0) is 24.5 Å². The highest BCUT2D eigenvalue weighted by Crippen LogP contribution is 2.31. The number of morpholine rings is 1. The molecule has 90 valence electrons. The number of rotatable bonds is 3. The zero-order chi connectivity index (χ0) is 11.5. The molecule has 1 N–H and O–H groups in total. The standard InChI is InChI=1S/C12H18ClNOS/c1-8(2)5-9-6-14-7-10(15-9)11-3-4-12(13)16-11/h3-4,8-10,14H,5-7H2,1-2H3. The van der Waals surface area contributed by atoms with E-state index in [-0.39, 0.29) is 6.10 Å². The van der Waals surface area contributed by atoms with E-state index in [9.17, 15) is 0 Å². The molecule has 2 atom stereocenters. The molecular weight excluding hydrogens is 242 g/mol. The Morgan fingerprint density at radius 2 is 2.31 bits per heavy atom. The van der Waals surface area contributed by atoms with Gasteiger partial charge in [0.05, 0.1) is 10.4 Å². The van der Waals surface area contributed by atoms with Crippen molar-refractivity contribution in [1.82, 2.24) is 5.32 Å². The quantitative estimate of drug-likeness (QED) is 0.898. The van der Waals surface area contributed by atoms with Crippen LogP contribution in [0.4, 0.5) is 0 Å². The molecule has 2 nitrogen and oxygen atoms in total. The van der Waals surface area contributed by atoms with Crippen molar-refractivity contribution in [2.45, 2.75) is 32.5 Å². The maximum atomic E-state index is 6.09. The van der Waals surface area contributed by atoms with Crippen LogP contribution in [0.2, 0.25) is 4.34 Å². The normalized spacial score (nSPS) is 26.2. The van der Waals surface area contributed by atoms with E-state index in [0.717, 1.165) is 23.8 Å². The summed E-state index contributed by atoms with van der Waals surface area (Å²) in [6, 6.07) is 4.01. The fourth-order valence-electron chi connectivity index (χ4n) is 2.04. The predicted molar refractivity (Wildman–Crippen MR) is 69.3 cm³/mol. The minimum absolute atomic E-state index is 0.176. The number of nitrogens with one attached hydrogen (secondary N) is 1. The SMILES string of the molecule is CC(C)CC1CNCC(c2ccc(Cl)s2)O1. The van der Waals surface area contributed by atoms with E-state index in [1.165, 1.54) is 4.88 Å². The fraction of sp³-hybridized carbons (Fsp3) is 0.667. The summed E-state index contributed by atoms with van der Waals surface area (Å²) in [7, 11) is 0. The molecule has 0 aliphatic carbocycles. The first-order chi connectivity index (χ1) is 7.65. The van der Waals surface area contributed by atoms with Crippen LogP contribution in [0.25, 0.3) is 0 Å². The van der Waals surface area contributed by atoms with Crippen LogP contribution >= 0.6 is 22.9 Å².